The fourth-order valence-corrected chi connectivity index (χ4v) is 8.93. The van der Waals surface area contributed by atoms with Gasteiger partial charge in [0.25, 0.3) is 0 Å². The first-order valence-corrected chi connectivity index (χ1v) is 19.5. The smallest absolute Gasteiger partial charge is 0.306 e. The van der Waals surface area contributed by atoms with Gasteiger partial charge in [-0.3, -0.25) is 23.9 Å². The van der Waals surface area contributed by atoms with Gasteiger partial charge in [-0.1, -0.05) is 51.1 Å². The number of rotatable bonds is 13. The van der Waals surface area contributed by atoms with Crippen LogP contribution in [0.3, 0.4) is 0 Å². The molecule has 0 spiro atoms. The molecule has 0 radical (unpaired) electrons. The Labute approximate surface area is 299 Å². The van der Waals surface area contributed by atoms with E-state index in [4.69, 9.17) is 4.74 Å². The first-order valence-electron chi connectivity index (χ1n) is 17.9. The van der Waals surface area contributed by atoms with E-state index in [0.29, 0.717) is 18.4 Å². The average molecular weight is 722 g/mol. The van der Waals surface area contributed by atoms with E-state index in [-0.39, 0.29) is 62.0 Å². The van der Waals surface area contributed by atoms with Crippen molar-refractivity contribution in [3.05, 3.63) is 67.0 Å². The van der Waals surface area contributed by atoms with Crippen molar-refractivity contribution in [2.75, 3.05) is 18.1 Å². The fraction of sp³-hybridized carbons (Fsp3) is 0.538. The summed E-state index contributed by atoms with van der Waals surface area (Å²) in [4.78, 5) is 59.0. The second-order valence-corrected chi connectivity index (χ2v) is 17.7. The van der Waals surface area contributed by atoms with Crippen LogP contribution in [0.25, 0.3) is 11.1 Å². The molecule has 4 aliphatic rings. The third-order valence-electron chi connectivity index (χ3n) is 11.0. The molecule has 0 aromatic heterocycles. The number of ether oxygens (including phenoxy) is 1. The van der Waals surface area contributed by atoms with Gasteiger partial charge < -0.3 is 14.5 Å². The molecule has 2 amide bonds. The predicted octanol–water partition coefficient (Wildman–Crippen LogP) is 5.77. The zero-order chi connectivity index (χ0) is 36.7. The molecule has 3 aliphatic carbocycles. The lowest BCUT2D eigenvalue weighted by Crippen LogP contribution is -2.49. The highest BCUT2D eigenvalue weighted by atomic mass is 32.2. The van der Waals surface area contributed by atoms with Gasteiger partial charge in [-0.05, 0) is 91.7 Å². The van der Waals surface area contributed by atoms with Crippen LogP contribution in [-0.2, 0) is 33.9 Å². The number of benzene rings is 2. The van der Waals surface area contributed by atoms with Crippen LogP contribution in [0.2, 0.25) is 0 Å². The van der Waals surface area contributed by atoms with Crippen molar-refractivity contribution < 1.29 is 36.7 Å². The van der Waals surface area contributed by atoms with Crippen LogP contribution in [0.4, 0.5) is 10.1 Å². The maximum atomic E-state index is 14.6. The molecule has 0 unspecified atom stereocenters. The van der Waals surface area contributed by atoms with Crippen LogP contribution in [0.1, 0.15) is 78.6 Å². The summed E-state index contributed by atoms with van der Waals surface area (Å²) in [6.07, 6.45) is 5.87. The summed E-state index contributed by atoms with van der Waals surface area (Å²) in [7, 11) is -3.84. The van der Waals surface area contributed by atoms with Gasteiger partial charge in [-0.25, -0.2) is 12.8 Å². The third kappa shape index (κ3) is 8.05. The number of hydrogen-bond acceptors (Lipinski definition) is 8. The summed E-state index contributed by atoms with van der Waals surface area (Å²) in [6, 6.07) is 12.7. The number of nitrogens with one attached hydrogen (secondary N) is 1. The zero-order valence-electron chi connectivity index (χ0n) is 29.6. The molecule has 12 heteroatoms. The zero-order valence-corrected chi connectivity index (χ0v) is 30.4. The molecule has 51 heavy (non-hydrogen) atoms. The molecule has 4 atom stereocenters. The largest absolute Gasteiger partial charge is 0.462 e. The number of nitrogens with zero attached hydrogens (tertiary/aromatic N) is 2. The minimum Gasteiger partial charge on any atom is -0.462 e. The van der Waals surface area contributed by atoms with Gasteiger partial charge >= 0.3 is 5.97 Å². The molecule has 6 rings (SSSR count). The second kappa shape index (κ2) is 14.2. The van der Waals surface area contributed by atoms with Crippen molar-refractivity contribution in [1.29, 1.82) is 0 Å². The van der Waals surface area contributed by atoms with E-state index in [1.54, 1.807) is 12.1 Å². The Morgan fingerprint density at radius 1 is 1.04 bits per heavy atom. The lowest BCUT2D eigenvalue weighted by molar-refractivity contribution is -0.156. The van der Waals surface area contributed by atoms with Crippen molar-refractivity contribution in [3.63, 3.8) is 0 Å². The Kier molecular flexibility index (Phi) is 10.2. The lowest BCUT2D eigenvalue weighted by atomic mass is 9.77. The van der Waals surface area contributed by atoms with E-state index in [1.807, 2.05) is 56.0 Å². The summed E-state index contributed by atoms with van der Waals surface area (Å²) in [6.45, 7) is 9.64. The molecular formula is C39H48FN3O7S. The summed E-state index contributed by atoms with van der Waals surface area (Å²) < 4.78 is 47.3. The SMILES string of the molecule is C=C[C@@H]1C[C@]1(CC(=O)[C@@H]1CN(c2ccc(-c3cccc(F)c3)cc2)CN1C(=O)[C@@H](CC(=O)OC1CCCC1)C(C)(C)C)C(=O)NS(=O)(=O)C1CC1. The lowest BCUT2D eigenvalue weighted by Gasteiger charge is -2.34. The van der Waals surface area contributed by atoms with Crippen molar-refractivity contribution in [1.82, 2.24) is 9.62 Å². The second-order valence-electron chi connectivity index (χ2n) is 15.8. The highest BCUT2D eigenvalue weighted by molar-refractivity contribution is 7.90. The molecule has 1 N–H and O–H groups in total. The number of Topliss-reactive ketones (excluding diaryl/α,β-unsaturated/α-hetero) is 1. The van der Waals surface area contributed by atoms with Gasteiger partial charge in [0.1, 0.15) is 18.0 Å². The van der Waals surface area contributed by atoms with Crippen molar-refractivity contribution in [2.24, 2.45) is 22.7 Å². The Bertz CT molecular complexity index is 1800. The van der Waals surface area contributed by atoms with E-state index in [1.165, 1.54) is 17.0 Å². The van der Waals surface area contributed by atoms with Gasteiger partial charge in [0.15, 0.2) is 5.78 Å². The monoisotopic (exact) mass is 721 g/mol. The first kappa shape index (κ1) is 36.7. The number of carbonyl (C=O) groups excluding carboxylic acids is 4. The van der Waals surface area contributed by atoms with Crippen LogP contribution in [0.15, 0.2) is 61.2 Å². The fourth-order valence-electron chi connectivity index (χ4n) is 7.55. The number of carbonyl (C=O) groups is 4. The number of esters is 1. The van der Waals surface area contributed by atoms with Crippen LogP contribution >= 0.6 is 0 Å². The highest BCUT2D eigenvalue weighted by Crippen LogP contribution is 2.57. The minimum absolute atomic E-state index is 0.0545. The van der Waals surface area contributed by atoms with E-state index in [2.05, 4.69) is 11.3 Å². The molecule has 2 aromatic rings. The molecule has 1 heterocycles. The average Bonchev–Trinajstić information content (AvgIpc) is 3.96. The number of allylic oxidation sites excluding steroid dienone is 1. The van der Waals surface area contributed by atoms with Crippen molar-refractivity contribution in [3.8, 4) is 11.1 Å². The maximum Gasteiger partial charge on any atom is 0.306 e. The predicted molar refractivity (Wildman–Crippen MR) is 191 cm³/mol. The number of halogens is 1. The van der Waals surface area contributed by atoms with Crippen LogP contribution in [-0.4, -0.2) is 67.5 Å². The van der Waals surface area contributed by atoms with Crippen molar-refractivity contribution >= 4 is 39.3 Å². The standard InChI is InChI=1S/C39H48FN3O7S/c1-5-27-21-39(27,37(47)41-51(48,49)31-17-18-31)22-34(44)33-23-42(29-15-13-25(14-16-29)26-9-8-10-28(40)19-26)24-43(33)36(46)32(38(2,3)4)20-35(45)50-30-11-6-7-12-30/h5,8-10,13-16,19,27,30-33H,1,6-7,11-12,17-18,20-24H2,2-4H3,(H,41,47)/t27-,32-,33+,39-/m1/s1. The normalized spacial score (nSPS) is 24.2. The molecule has 2 aromatic carbocycles. The molecule has 0 bridgehead atoms. The summed E-state index contributed by atoms with van der Waals surface area (Å²) in [5.41, 5.74) is 0.310. The maximum absolute atomic E-state index is 14.6. The number of amides is 2. The van der Waals surface area contributed by atoms with Crippen LogP contribution in [0, 0.1) is 28.5 Å². The van der Waals surface area contributed by atoms with Crippen LogP contribution in [0.5, 0.6) is 0 Å². The molecule has 4 fully saturated rings. The number of hydrogen-bond donors (Lipinski definition) is 1. The van der Waals surface area contributed by atoms with Gasteiger partial charge in [-0.15, -0.1) is 6.58 Å². The van der Waals surface area contributed by atoms with Gasteiger partial charge in [0.05, 0.1) is 29.7 Å². The molecule has 3 saturated carbocycles. The van der Waals surface area contributed by atoms with E-state index >= 15 is 0 Å². The number of ketones is 1. The minimum atomic E-state index is -3.84. The third-order valence-corrected chi connectivity index (χ3v) is 12.8. The Morgan fingerprint density at radius 3 is 2.31 bits per heavy atom. The Morgan fingerprint density at radius 2 is 1.73 bits per heavy atom. The van der Waals surface area contributed by atoms with Gasteiger partial charge in [0, 0.05) is 18.7 Å². The van der Waals surface area contributed by atoms with E-state index in [9.17, 15) is 32.0 Å². The van der Waals surface area contributed by atoms with E-state index in [0.717, 1.165) is 36.9 Å². The number of anilines is 1. The topological polar surface area (TPSA) is 130 Å². The summed E-state index contributed by atoms with van der Waals surface area (Å²) in [5, 5.41) is -0.603. The highest BCUT2D eigenvalue weighted by Gasteiger charge is 2.61. The van der Waals surface area contributed by atoms with Crippen molar-refractivity contribution in [2.45, 2.75) is 96.0 Å². The molecule has 1 saturated heterocycles. The molecule has 274 valence electrons. The van der Waals surface area contributed by atoms with Gasteiger partial charge in [-0.2, -0.15) is 0 Å². The number of sulfonamides is 1. The summed E-state index contributed by atoms with van der Waals surface area (Å²) in [5.74, 6) is -3.42. The quantitative estimate of drug-likeness (QED) is 0.204. The first-order chi connectivity index (χ1) is 24.1. The van der Waals surface area contributed by atoms with E-state index < -0.39 is 49.9 Å². The van der Waals surface area contributed by atoms with Crippen LogP contribution < -0.4 is 9.62 Å². The molecule has 1 aliphatic heterocycles. The summed E-state index contributed by atoms with van der Waals surface area (Å²) >= 11 is 0. The molecule has 10 nitrogen and oxygen atoms in total. The Hall–Kier alpha value is -4.06. The Balaban J connectivity index is 1.26. The van der Waals surface area contributed by atoms with Gasteiger partial charge in [0.2, 0.25) is 21.8 Å². The molecular weight excluding hydrogens is 674 g/mol.